The second-order valence-corrected chi connectivity index (χ2v) is 18.8. The van der Waals surface area contributed by atoms with Gasteiger partial charge in [-0.1, -0.05) is 54.9 Å². The Balaban J connectivity index is 1.93. The summed E-state index contributed by atoms with van der Waals surface area (Å²) in [5.74, 6) is -0.383. The lowest BCUT2D eigenvalue weighted by atomic mass is 9.73. The number of hydrogen-bond donors (Lipinski definition) is 1. The number of ether oxygens (including phenoxy) is 1. The van der Waals surface area contributed by atoms with Crippen LogP contribution in [0, 0.1) is 23.2 Å². The highest BCUT2D eigenvalue weighted by Crippen LogP contribution is 2.50. The molecule has 2 aliphatic heterocycles. The van der Waals surface area contributed by atoms with Crippen LogP contribution in [0.2, 0.25) is 18.1 Å². The third-order valence-corrected chi connectivity index (χ3v) is 15.6. The zero-order chi connectivity index (χ0) is 30.0. The largest absolute Gasteiger partial charge is 0.454 e. The summed E-state index contributed by atoms with van der Waals surface area (Å²) >= 11 is 0. The number of aliphatic hydroxyl groups excluding tert-OH is 1. The van der Waals surface area contributed by atoms with Crippen LogP contribution in [0.1, 0.15) is 107 Å². The van der Waals surface area contributed by atoms with Gasteiger partial charge < -0.3 is 14.3 Å². The van der Waals surface area contributed by atoms with Gasteiger partial charge in [0.2, 0.25) is 0 Å². The van der Waals surface area contributed by atoms with E-state index in [1.807, 2.05) is 6.92 Å². The first kappa shape index (κ1) is 33.4. The van der Waals surface area contributed by atoms with Crippen molar-refractivity contribution in [2.75, 3.05) is 6.54 Å². The molecule has 8 atom stereocenters. The van der Waals surface area contributed by atoms with Crippen molar-refractivity contribution < 1.29 is 28.7 Å². The molecule has 7 nitrogen and oxygen atoms in total. The Kier molecular flexibility index (Phi) is 10.9. The molecule has 1 N–H and O–H groups in total. The highest BCUT2D eigenvalue weighted by molar-refractivity contribution is 6.73. The number of esters is 1. The Bertz CT molecular complexity index is 907. The number of carbonyl (C=O) groups excluding carboxylic acids is 3. The Labute approximate surface area is 244 Å². The molecule has 0 radical (unpaired) electrons. The third kappa shape index (κ3) is 7.27. The van der Waals surface area contributed by atoms with Gasteiger partial charge in [-0.05, 0) is 69.5 Å². The van der Waals surface area contributed by atoms with Crippen molar-refractivity contribution in [1.82, 2.24) is 4.90 Å². The van der Waals surface area contributed by atoms with Gasteiger partial charge in [0, 0.05) is 30.5 Å². The molecule has 1 saturated carbocycles. The first-order valence-electron chi connectivity index (χ1n) is 16.0. The number of aliphatic hydroxyl groups is 1. The minimum atomic E-state index is -2.01. The lowest BCUT2D eigenvalue weighted by Crippen LogP contribution is -2.50. The van der Waals surface area contributed by atoms with E-state index in [-0.39, 0.29) is 41.6 Å². The zero-order valence-electron chi connectivity index (χ0n) is 26.8. The van der Waals surface area contributed by atoms with E-state index in [1.165, 1.54) is 19.8 Å². The van der Waals surface area contributed by atoms with Crippen molar-refractivity contribution in [3.8, 4) is 0 Å². The van der Waals surface area contributed by atoms with E-state index in [0.717, 1.165) is 49.9 Å². The molecule has 0 spiro atoms. The van der Waals surface area contributed by atoms with Crippen LogP contribution in [0.4, 0.5) is 0 Å². The van der Waals surface area contributed by atoms with Gasteiger partial charge in [0.1, 0.15) is 5.78 Å². The van der Waals surface area contributed by atoms with E-state index in [4.69, 9.17) is 9.16 Å². The maximum atomic E-state index is 14.0. The van der Waals surface area contributed by atoms with Gasteiger partial charge in [0.25, 0.3) is 0 Å². The highest BCUT2D eigenvalue weighted by atomic mass is 28.4. The molecule has 40 heavy (non-hydrogen) atoms. The molecule has 2 unspecified atom stereocenters. The van der Waals surface area contributed by atoms with Gasteiger partial charge in [0.05, 0.1) is 24.0 Å². The molecule has 2 saturated heterocycles. The monoisotopic (exact) mass is 579 g/mol. The quantitative estimate of drug-likeness (QED) is 0.217. The zero-order valence-corrected chi connectivity index (χ0v) is 27.8. The number of hydrogen-bond acceptors (Lipinski definition) is 7. The van der Waals surface area contributed by atoms with Gasteiger partial charge in [-0.3, -0.25) is 19.3 Å². The normalized spacial score (nSPS) is 37.9. The van der Waals surface area contributed by atoms with Crippen LogP contribution in [0.15, 0.2) is 0 Å². The summed E-state index contributed by atoms with van der Waals surface area (Å²) in [7, 11) is -2.01. The van der Waals surface area contributed by atoms with E-state index < -0.39 is 37.8 Å². The highest BCUT2D eigenvalue weighted by Gasteiger charge is 2.60. The minimum absolute atomic E-state index is 0.0203. The fraction of sp³-hybridized carbons (Fsp3) is 0.906. The molecule has 0 bridgehead atoms. The SMILES string of the molecule is CC[Si](CC)(CC)OC1[C@@H](C)CCC[C@]2(C)[C@H](C[C@@H](C(C)=O)OC(=O)C[C@H](O)C(C)(C)C(=O)[C@@H]1C)N2CC1CC1. The molecule has 3 rings (SSSR count). The predicted octanol–water partition coefficient (Wildman–Crippen LogP) is 5.92. The Morgan fingerprint density at radius 1 is 1.07 bits per heavy atom. The number of cyclic esters (lactones) is 1. The smallest absolute Gasteiger partial charge is 0.309 e. The van der Waals surface area contributed by atoms with Crippen LogP contribution < -0.4 is 0 Å². The van der Waals surface area contributed by atoms with Crippen LogP contribution >= 0.6 is 0 Å². The Morgan fingerprint density at radius 3 is 2.20 bits per heavy atom. The van der Waals surface area contributed by atoms with E-state index in [0.29, 0.717) is 6.42 Å². The molecule has 230 valence electrons. The Morgan fingerprint density at radius 2 is 1.68 bits per heavy atom. The van der Waals surface area contributed by atoms with Crippen molar-refractivity contribution in [3.63, 3.8) is 0 Å². The lowest BCUT2D eigenvalue weighted by Gasteiger charge is -2.41. The fourth-order valence-electron chi connectivity index (χ4n) is 7.15. The average molecular weight is 580 g/mol. The van der Waals surface area contributed by atoms with Crippen LogP contribution in [-0.2, 0) is 23.5 Å². The van der Waals surface area contributed by atoms with Crippen LogP contribution in [0.5, 0.6) is 0 Å². The molecule has 8 heteroatoms. The first-order chi connectivity index (χ1) is 18.7. The number of nitrogens with zero attached hydrogens (tertiary/aromatic N) is 1. The number of fused-ring (bicyclic) bond motifs is 1. The van der Waals surface area contributed by atoms with Crippen molar-refractivity contribution >= 4 is 25.9 Å². The fourth-order valence-corrected chi connectivity index (χ4v) is 10.2. The summed E-state index contributed by atoms with van der Waals surface area (Å²) in [6.45, 7) is 19.0. The van der Waals surface area contributed by atoms with Crippen molar-refractivity contribution in [1.29, 1.82) is 0 Å². The second kappa shape index (κ2) is 13.0. The van der Waals surface area contributed by atoms with E-state index >= 15 is 0 Å². The Hall–Kier alpha value is -1.09. The summed E-state index contributed by atoms with van der Waals surface area (Å²) in [4.78, 5) is 42.0. The van der Waals surface area contributed by atoms with E-state index in [2.05, 4.69) is 39.5 Å². The second-order valence-electron chi connectivity index (χ2n) is 14.1. The summed E-state index contributed by atoms with van der Waals surface area (Å²) in [5, 5.41) is 11.2. The average Bonchev–Trinajstić information content (AvgIpc) is 3.82. The molecule has 0 aromatic rings. The first-order valence-corrected chi connectivity index (χ1v) is 18.6. The number of ketones is 2. The summed E-state index contributed by atoms with van der Waals surface area (Å²) in [6.07, 6.45) is 3.39. The molecular formula is C32H57NO6Si. The van der Waals surface area contributed by atoms with Gasteiger partial charge in [0.15, 0.2) is 20.2 Å². The van der Waals surface area contributed by atoms with Gasteiger partial charge >= 0.3 is 5.97 Å². The van der Waals surface area contributed by atoms with Crippen LogP contribution in [0.25, 0.3) is 0 Å². The molecule has 0 amide bonds. The van der Waals surface area contributed by atoms with Gasteiger partial charge in [-0.25, -0.2) is 0 Å². The molecule has 0 aromatic heterocycles. The molecule has 2 heterocycles. The van der Waals surface area contributed by atoms with E-state index in [1.54, 1.807) is 13.8 Å². The molecular weight excluding hydrogens is 522 g/mol. The molecule has 3 fully saturated rings. The summed E-state index contributed by atoms with van der Waals surface area (Å²) in [6, 6.07) is 3.23. The number of Topliss-reactive ketones (excluding diaryl/α,β-unsaturated/α-hetero) is 2. The topological polar surface area (TPSA) is 92.9 Å². The molecule has 3 aliphatic rings. The van der Waals surface area contributed by atoms with Gasteiger partial charge in [-0.2, -0.15) is 0 Å². The van der Waals surface area contributed by atoms with Crippen molar-refractivity contribution in [3.05, 3.63) is 0 Å². The summed E-state index contributed by atoms with van der Waals surface area (Å²) in [5.41, 5.74) is -1.18. The summed E-state index contributed by atoms with van der Waals surface area (Å²) < 4.78 is 12.7. The van der Waals surface area contributed by atoms with Crippen LogP contribution in [-0.4, -0.2) is 72.3 Å². The van der Waals surface area contributed by atoms with Crippen LogP contribution in [0.3, 0.4) is 0 Å². The number of rotatable bonds is 8. The minimum Gasteiger partial charge on any atom is -0.454 e. The molecule has 0 aromatic carbocycles. The maximum absolute atomic E-state index is 14.0. The van der Waals surface area contributed by atoms with Crippen molar-refractivity contribution in [2.24, 2.45) is 23.2 Å². The number of carbonyl (C=O) groups is 3. The van der Waals surface area contributed by atoms with Crippen molar-refractivity contribution in [2.45, 2.75) is 155 Å². The molecule has 1 aliphatic carbocycles. The maximum Gasteiger partial charge on any atom is 0.309 e. The standard InChI is InChI=1S/C32H57NO6Si/c1-10-40(11-2,12-3)39-29-21(4)14-13-17-32(9)26(33(32)20-24-15-16-24)18-25(23(6)34)38-28(36)19-27(35)31(7,8)30(37)22(29)5/h21-22,24-27,29,35H,10-20H2,1-9H3/t21-,22+,25-,26-,27-,29?,32+,33?/m0/s1. The third-order valence-electron chi connectivity index (χ3n) is 11.0. The lowest BCUT2D eigenvalue weighted by molar-refractivity contribution is -0.160. The van der Waals surface area contributed by atoms with Gasteiger partial charge in [-0.15, -0.1) is 0 Å². The van der Waals surface area contributed by atoms with E-state index in [9.17, 15) is 19.5 Å². The predicted molar refractivity (Wildman–Crippen MR) is 160 cm³/mol.